The zero-order valence-corrected chi connectivity index (χ0v) is 22.4. The van der Waals surface area contributed by atoms with Crippen LogP contribution in [-0.2, 0) is 18.9 Å². The molecular weight excluding hydrogens is 523 g/mol. The first-order valence-electron chi connectivity index (χ1n) is 12.9. The molecule has 0 aliphatic rings. The third-order valence-electron chi connectivity index (χ3n) is 6.75. The molecule has 5 aromatic rings. The molecule has 0 saturated carbocycles. The van der Waals surface area contributed by atoms with Gasteiger partial charge < -0.3 is 10.6 Å². The van der Waals surface area contributed by atoms with Crippen molar-refractivity contribution in [1.82, 2.24) is 24.9 Å². The fourth-order valence-corrected chi connectivity index (χ4v) is 4.68. The SMILES string of the molecule is Cn1nccc1C(=O)N[C@H](C(=O)Nc1ccc(-c2ccc(=O)n(C)n2)c(F)c1)C(c1ccccc1)c1ccccc1. The minimum absolute atomic E-state index is 0.172. The van der Waals surface area contributed by atoms with E-state index in [0.717, 1.165) is 15.8 Å². The second-order valence-electron chi connectivity index (χ2n) is 9.45. The van der Waals surface area contributed by atoms with Gasteiger partial charge in [0, 0.05) is 43.5 Å². The number of carbonyl (C=O) groups excluding carboxylic acids is 2. The molecule has 0 aliphatic heterocycles. The summed E-state index contributed by atoms with van der Waals surface area (Å²) in [5, 5.41) is 13.8. The van der Waals surface area contributed by atoms with Crippen LogP contribution >= 0.6 is 0 Å². The lowest BCUT2D eigenvalue weighted by atomic mass is 9.84. The van der Waals surface area contributed by atoms with Gasteiger partial charge in [0.1, 0.15) is 17.6 Å². The summed E-state index contributed by atoms with van der Waals surface area (Å²) in [6, 6.07) is 26.2. The van der Waals surface area contributed by atoms with Crippen LogP contribution in [0.2, 0.25) is 0 Å². The summed E-state index contributed by atoms with van der Waals surface area (Å²) in [6.07, 6.45) is 1.50. The molecule has 41 heavy (non-hydrogen) atoms. The van der Waals surface area contributed by atoms with E-state index in [0.29, 0.717) is 0 Å². The van der Waals surface area contributed by atoms with Crippen LogP contribution in [0.4, 0.5) is 10.1 Å². The Kier molecular flexibility index (Phi) is 7.82. The highest BCUT2D eigenvalue weighted by Crippen LogP contribution is 2.30. The number of rotatable bonds is 8. The molecule has 0 fully saturated rings. The summed E-state index contributed by atoms with van der Waals surface area (Å²) in [7, 11) is 3.12. The van der Waals surface area contributed by atoms with E-state index in [1.54, 1.807) is 19.2 Å². The van der Waals surface area contributed by atoms with Gasteiger partial charge in [-0.2, -0.15) is 10.2 Å². The van der Waals surface area contributed by atoms with Gasteiger partial charge in [0.05, 0.1) is 5.69 Å². The van der Waals surface area contributed by atoms with Crippen molar-refractivity contribution >= 4 is 17.5 Å². The van der Waals surface area contributed by atoms with Gasteiger partial charge in [-0.1, -0.05) is 60.7 Å². The van der Waals surface area contributed by atoms with Crippen LogP contribution < -0.4 is 16.2 Å². The number of halogens is 1. The van der Waals surface area contributed by atoms with Crippen LogP contribution in [0.25, 0.3) is 11.3 Å². The number of hydrogen-bond donors (Lipinski definition) is 2. The Morgan fingerprint density at radius 2 is 1.49 bits per heavy atom. The quantitative estimate of drug-likeness (QED) is 0.305. The summed E-state index contributed by atoms with van der Waals surface area (Å²) < 4.78 is 17.7. The molecule has 5 rings (SSSR count). The Morgan fingerprint density at radius 1 is 0.829 bits per heavy atom. The number of nitrogens with one attached hydrogen (secondary N) is 2. The second kappa shape index (κ2) is 11.8. The number of aromatic nitrogens is 4. The van der Waals surface area contributed by atoms with Gasteiger partial charge in [-0.05, 0) is 41.5 Å². The number of nitrogens with zero attached hydrogens (tertiary/aromatic N) is 4. The van der Waals surface area contributed by atoms with E-state index in [1.807, 2.05) is 60.7 Å². The first-order chi connectivity index (χ1) is 19.8. The minimum atomic E-state index is -1.07. The molecule has 0 bridgehead atoms. The minimum Gasteiger partial charge on any atom is -0.338 e. The fourth-order valence-electron chi connectivity index (χ4n) is 4.68. The molecule has 0 unspecified atom stereocenters. The molecule has 2 aromatic heterocycles. The summed E-state index contributed by atoms with van der Waals surface area (Å²) in [4.78, 5) is 38.9. The molecule has 2 heterocycles. The van der Waals surface area contributed by atoms with Gasteiger partial charge in [-0.15, -0.1) is 0 Å². The molecular formula is C31H27FN6O3. The molecule has 2 amide bonds. The van der Waals surface area contributed by atoms with Crippen LogP contribution in [0.3, 0.4) is 0 Å². The van der Waals surface area contributed by atoms with E-state index in [2.05, 4.69) is 20.8 Å². The van der Waals surface area contributed by atoms with E-state index >= 15 is 4.39 Å². The summed E-state index contributed by atoms with van der Waals surface area (Å²) in [6.45, 7) is 0. The highest BCUT2D eigenvalue weighted by Gasteiger charge is 2.33. The summed E-state index contributed by atoms with van der Waals surface area (Å²) >= 11 is 0. The highest BCUT2D eigenvalue weighted by atomic mass is 19.1. The Labute approximate surface area is 235 Å². The molecule has 0 aliphatic carbocycles. The van der Waals surface area contributed by atoms with Crippen molar-refractivity contribution in [1.29, 1.82) is 0 Å². The van der Waals surface area contributed by atoms with Crippen LogP contribution in [0.1, 0.15) is 27.5 Å². The third kappa shape index (κ3) is 5.96. The number of amides is 2. The zero-order valence-electron chi connectivity index (χ0n) is 22.4. The lowest BCUT2D eigenvalue weighted by Gasteiger charge is -2.28. The molecule has 10 heteroatoms. The predicted octanol–water partition coefficient (Wildman–Crippen LogP) is 3.89. The molecule has 2 N–H and O–H groups in total. The monoisotopic (exact) mass is 550 g/mol. The van der Waals surface area contributed by atoms with Crippen LogP contribution in [0.5, 0.6) is 0 Å². The fraction of sp³-hybridized carbons (Fsp3) is 0.129. The molecule has 0 saturated heterocycles. The predicted molar refractivity (Wildman–Crippen MR) is 153 cm³/mol. The lowest BCUT2D eigenvalue weighted by Crippen LogP contribution is -2.48. The van der Waals surface area contributed by atoms with Gasteiger partial charge >= 0.3 is 0 Å². The van der Waals surface area contributed by atoms with Gasteiger partial charge in [0.25, 0.3) is 11.5 Å². The number of aryl methyl sites for hydroxylation is 2. The van der Waals surface area contributed by atoms with Crippen molar-refractivity contribution in [3.63, 3.8) is 0 Å². The van der Waals surface area contributed by atoms with Crippen molar-refractivity contribution in [2.24, 2.45) is 14.1 Å². The largest absolute Gasteiger partial charge is 0.338 e. The number of anilines is 1. The molecule has 0 radical (unpaired) electrons. The van der Waals surface area contributed by atoms with Gasteiger partial charge in [-0.25, -0.2) is 9.07 Å². The Morgan fingerprint density at radius 3 is 2.05 bits per heavy atom. The molecule has 1 atom stereocenters. The maximum absolute atomic E-state index is 15.2. The number of hydrogen-bond acceptors (Lipinski definition) is 5. The van der Waals surface area contributed by atoms with Crippen molar-refractivity contribution < 1.29 is 14.0 Å². The first-order valence-corrected chi connectivity index (χ1v) is 12.9. The average molecular weight is 551 g/mol. The molecule has 0 spiro atoms. The highest BCUT2D eigenvalue weighted by molar-refractivity contribution is 6.01. The van der Waals surface area contributed by atoms with Crippen LogP contribution in [0, 0.1) is 5.82 Å². The molecule has 206 valence electrons. The summed E-state index contributed by atoms with van der Waals surface area (Å²) in [5.74, 6) is -2.21. The Bertz CT molecular complexity index is 1710. The Balaban J connectivity index is 1.51. The number of benzene rings is 3. The lowest BCUT2D eigenvalue weighted by molar-refractivity contribution is -0.118. The maximum Gasteiger partial charge on any atom is 0.270 e. The standard InChI is InChI=1S/C31H27FN6O3/c1-37-26(17-18-33-37)30(40)35-29(28(20-9-5-3-6-10-20)21-11-7-4-8-12-21)31(41)34-22-13-14-23(24(32)19-22)25-15-16-27(39)38(2)36-25/h3-19,28-29H,1-2H3,(H,34,41)(H,35,40)/t29-/m0/s1. The van der Waals surface area contributed by atoms with E-state index in [-0.39, 0.29) is 28.2 Å². The van der Waals surface area contributed by atoms with E-state index in [1.165, 1.54) is 42.2 Å². The van der Waals surface area contributed by atoms with Crippen molar-refractivity contribution in [2.75, 3.05) is 5.32 Å². The number of carbonyl (C=O) groups is 2. The third-order valence-corrected chi connectivity index (χ3v) is 6.75. The topological polar surface area (TPSA) is 111 Å². The molecule has 9 nitrogen and oxygen atoms in total. The Hall–Kier alpha value is -5.38. The van der Waals surface area contributed by atoms with E-state index in [4.69, 9.17) is 0 Å². The first kappa shape index (κ1) is 27.2. The van der Waals surface area contributed by atoms with Gasteiger partial charge in [-0.3, -0.25) is 19.1 Å². The normalized spacial score (nSPS) is 11.7. The van der Waals surface area contributed by atoms with Crippen molar-refractivity contribution in [3.05, 3.63) is 136 Å². The smallest absolute Gasteiger partial charge is 0.270 e. The second-order valence-corrected chi connectivity index (χ2v) is 9.45. The van der Waals surface area contributed by atoms with Crippen LogP contribution in [-0.4, -0.2) is 37.4 Å². The average Bonchev–Trinajstić information content (AvgIpc) is 3.41. The summed E-state index contributed by atoms with van der Waals surface area (Å²) in [5.41, 5.74) is 2.23. The zero-order chi connectivity index (χ0) is 28.9. The van der Waals surface area contributed by atoms with Gasteiger partial charge in [0.2, 0.25) is 5.91 Å². The molecule has 3 aromatic carbocycles. The van der Waals surface area contributed by atoms with E-state index < -0.39 is 29.6 Å². The van der Waals surface area contributed by atoms with Gasteiger partial charge in [0.15, 0.2) is 0 Å². The van der Waals surface area contributed by atoms with Crippen molar-refractivity contribution in [3.8, 4) is 11.3 Å². The van der Waals surface area contributed by atoms with Crippen LogP contribution in [0.15, 0.2) is 108 Å². The van der Waals surface area contributed by atoms with Crippen molar-refractivity contribution in [2.45, 2.75) is 12.0 Å². The van der Waals surface area contributed by atoms with E-state index in [9.17, 15) is 14.4 Å². The maximum atomic E-state index is 15.2.